The molecule has 0 radical (unpaired) electrons. The summed E-state index contributed by atoms with van der Waals surface area (Å²) in [5, 5.41) is 225. The maximum absolute atomic E-state index is 12.0. The second-order valence-electron chi connectivity index (χ2n) is 25.5. The molecular formula is C66H110O37. The second-order valence-corrected chi connectivity index (χ2v) is 25.5. The van der Waals surface area contributed by atoms with Crippen LogP contribution in [0, 0.1) is 37.0 Å². The molecule has 6 rings (SSSR count). The first-order valence-electron chi connectivity index (χ1n) is 34.3. The Labute approximate surface area is 595 Å². The van der Waals surface area contributed by atoms with Gasteiger partial charge in [0.1, 0.15) is 161 Å². The minimum absolute atomic E-state index is 0.150. The van der Waals surface area contributed by atoms with Crippen LogP contribution in [0.25, 0.3) is 0 Å². The van der Waals surface area contributed by atoms with Crippen molar-refractivity contribution in [3.8, 4) is 37.0 Å². The van der Waals surface area contributed by atoms with E-state index in [1.54, 1.807) is 0 Å². The minimum Gasteiger partial charge on any atom is -0.481 e. The highest BCUT2D eigenvalue weighted by molar-refractivity contribution is 5.69. The van der Waals surface area contributed by atoms with Crippen molar-refractivity contribution in [2.75, 3.05) is 59.5 Å². The summed E-state index contributed by atoms with van der Waals surface area (Å²) in [7, 11) is 0. The standard InChI is InChI=1S/2C22H36O12.C12H22O11.C10H16O2/c1-2-3-4-5-6-7-8-9-15(25)31-11-14-16(26)18(28)19(29)21(32-14)34-22(12-24)20(30)17(27)13(10-23)33-22;1-2-3-4-5-6-7-8-9-15(25)31-11-14-17(27)20(30)22(12-24,33-14)34-21-19(29)18(28)16(26)13(10-23)32-21;13-1-4-6(16)8(18)9(19)11(21-4)23-12(3-15)10(20)7(17)5(2-14)22-12;1-2-3-4-5-6-7-8-9-10(11)12/h2*1,13-14,16-21,23-24,26-30H,3-12H2;4-11,13-20H,1-3H2;1H,3-9H2,(H,11,12)/t2*13-,14-,16-,17-,18+,19-,20+,21-,22+;4-,5-,6-,7-,8+,9-,10+,11-,12+;/m111./s1. The molecule has 0 aromatic heterocycles. The number of hydrogen-bond donors (Lipinski definition) is 23. The number of carbonyl (C=O) groups excluding carboxylic acids is 2. The summed E-state index contributed by atoms with van der Waals surface area (Å²) in [6, 6.07) is 0. The van der Waals surface area contributed by atoms with Crippen LogP contribution < -0.4 is 0 Å². The first kappa shape index (κ1) is 93.1. The molecule has 0 aromatic rings. The van der Waals surface area contributed by atoms with E-state index in [1.165, 1.54) is 0 Å². The zero-order valence-corrected chi connectivity index (χ0v) is 57.3. The predicted molar refractivity (Wildman–Crippen MR) is 345 cm³/mol. The molecule has 0 amide bonds. The average Bonchev–Trinajstić information content (AvgIpc) is 1.70. The number of hydrogen-bond acceptors (Lipinski definition) is 36. The Morgan fingerprint density at radius 2 is 0.583 bits per heavy atom. The van der Waals surface area contributed by atoms with Gasteiger partial charge in [0.15, 0.2) is 18.9 Å². The zero-order valence-electron chi connectivity index (χ0n) is 57.3. The Morgan fingerprint density at radius 1 is 0.320 bits per heavy atom. The van der Waals surface area contributed by atoms with Crippen LogP contribution in [0.15, 0.2) is 0 Å². The average molecular weight is 1500 g/mol. The fourth-order valence-corrected chi connectivity index (χ4v) is 11.4. The molecule has 0 saturated carbocycles. The van der Waals surface area contributed by atoms with E-state index in [9.17, 15) is 117 Å². The molecule has 0 aromatic carbocycles. The molecule has 0 spiro atoms. The molecular weight excluding hydrogens is 1380 g/mol. The molecule has 103 heavy (non-hydrogen) atoms. The minimum atomic E-state index is -2.29. The zero-order chi connectivity index (χ0) is 77.2. The molecule has 6 aliphatic heterocycles. The van der Waals surface area contributed by atoms with Gasteiger partial charge in [0, 0.05) is 38.5 Å². The number of unbranched alkanes of at least 4 members (excludes halogenated alkanes) is 15. The van der Waals surface area contributed by atoms with Crippen LogP contribution in [0.5, 0.6) is 0 Å². The third-order valence-corrected chi connectivity index (χ3v) is 17.8. The Morgan fingerprint density at radius 3 is 0.874 bits per heavy atom. The number of aliphatic hydroxyl groups is 22. The molecule has 596 valence electrons. The molecule has 6 aliphatic rings. The number of terminal acetylenes is 3. The van der Waals surface area contributed by atoms with Crippen molar-refractivity contribution < 1.29 is 184 Å². The Kier molecular flexibility index (Phi) is 43.0. The summed E-state index contributed by atoms with van der Waals surface area (Å²) in [4.78, 5) is 34.1. The number of carboxylic acids is 1. The number of esters is 2. The van der Waals surface area contributed by atoms with Gasteiger partial charge in [0.05, 0.1) is 26.4 Å². The van der Waals surface area contributed by atoms with Crippen LogP contribution in [-0.4, -0.2) is 359 Å². The van der Waals surface area contributed by atoms with Gasteiger partial charge >= 0.3 is 17.9 Å². The maximum Gasteiger partial charge on any atom is 0.305 e. The van der Waals surface area contributed by atoms with Crippen LogP contribution >= 0.6 is 0 Å². The normalized spacial score (nSPS) is 37.5. The summed E-state index contributed by atoms with van der Waals surface area (Å²) in [6.45, 7) is -6.60. The van der Waals surface area contributed by atoms with Gasteiger partial charge in [-0.25, -0.2) is 0 Å². The summed E-state index contributed by atoms with van der Waals surface area (Å²) in [6.07, 6.45) is -6.51. The molecule has 27 atom stereocenters. The van der Waals surface area contributed by atoms with Crippen molar-refractivity contribution in [2.24, 2.45) is 0 Å². The fraction of sp³-hybridized carbons (Fsp3) is 0.864. The van der Waals surface area contributed by atoms with Crippen molar-refractivity contribution in [2.45, 2.75) is 299 Å². The first-order valence-corrected chi connectivity index (χ1v) is 34.3. The van der Waals surface area contributed by atoms with Gasteiger partial charge in [-0.2, -0.15) is 0 Å². The molecule has 6 heterocycles. The summed E-state index contributed by atoms with van der Waals surface area (Å²) >= 11 is 0. The molecule has 23 N–H and O–H groups in total. The predicted octanol–water partition coefficient (Wildman–Crippen LogP) is -7.92. The van der Waals surface area contributed by atoms with Crippen LogP contribution in [-0.2, 0) is 66.5 Å². The smallest absolute Gasteiger partial charge is 0.305 e. The van der Waals surface area contributed by atoms with Gasteiger partial charge < -0.3 is 170 Å². The lowest BCUT2D eigenvalue weighted by Gasteiger charge is -2.43. The molecule has 0 bridgehead atoms. The molecule has 6 fully saturated rings. The number of aliphatic hydroxyl groups excluding tert-OH is 22. The summed E-state index contributed by atoms with van der Waals surface area (Å²) in [5.41, 5.74) is 0. The Hall–Kier alpha value is -4.15. The van der Waals surface area contributed by atoms with Gasteiger partial charge in [0.2, 0.25) is 17.4 Å². The van der Waals surface area contributed by atoms with Crippen molar-refractivity contribution in [3.63, 3.8) is 0 Å². The number of ether oxygens (including phenoxy) is 11. The maximum atomic E-state index is 12.0. The van der Waals surface area contributed by atoms with Crippen molar-refractivity contribution in [1.29, 1.82) is 0 Å². The van der Waals surface area contributed by atoms with E-state index in [2.05, 4.69) is 17.8 Å². The molecule has 37 heteroatoms. The second kappa shape index (κ2) is 47.6. The number of aliphatic carboxylic acids is 1. The van der Waals surface area contributed by atoms with Crippen molar-refractivity contribution in [3.05, 3.63) is 0 Å². The van der Waals surface area contributed by atoms with Crippen LogP contribution in [0.3, 0.4) is 0 Å². The Bertz CT molecular complexity index is 2520. The monoisotopic (exact) mass is 1490 g/mol. The molecule has 0 unspecified atom stereocenters. The summed E-state index contributed by atoms with van der Waals surface area (Å²) < 4.78 is 57.9. The van der Waals surface area contributed by atoms with E-state index >= 15 is 0 Å². The van der Waals surface area contributed by atoms with E-state index in [1.807, 2.05) is 0 Å². The molecule has 37 nitrogen and oxygen atoms in total. The SMILES string of the molecule is C#CCCCCCCCC(=O)O.C#CCCCCCCCC(=O)OC[C@H]1O[C@@](CO)(O[C@H]2O[C@H](CO)[C@@H](O)[C@H](O)[C@H]2O)[C@@H](O)[C@@H]1O.C#CCCCCCCCC(=O)OC[C@H]1O[C@H](O[C@]2(CO)O[C@H](CO)[C@@H](O)[C@@H]2O)[C@H](O)[C@@H](O)[C@@H]1O.OC[C@H]1O[C@@](CO)(O[C@H]2O[C@H](CO)[C@@H](O)[C@H](O)[C@H]2O)[C@@H](O)[C@@H]1O. The van der Waals surface area contributed by atoms with Gasteiger partial charge in [0.25, 0.3) is 0 Å². The molecule has 6 saturated heterocycles. The number of carbonyl (C=O) groups is 3. The Balaban J connectivity index is 0.000000377. The van der Waals surface area contributed by atoms with Crippen molar-refractivity contribution >= 4 is 17.9 Å². The molecule has 0 aliphatic carbocycles. The summed E-state index contributed by atoms with van der Waals surface area (Å²) in [5.74, 6) is -0.817. The first-order chi connectivity index (χ1) is 49.0. The van der Waals surface area contributed by atoms with Crippen LogP contribution in [0.4, 0.5) is 0 Å². The quantitative estimate of drug-likeness (QED) is 0.0155. The number of rotatable bonds is 38. The highest BCUT2D eigenvalue weighted by atomic mass is 16.8. The van der Waals surface area contributed by atoms with Crippen LogP contribution in [0.2, 0.25) is 0 Å². The van der Waals surface area contributed by atoms with Gasteiger partial charge in [-0.05, 0) is 38.5 Å². The third kappa shape index (κ3) is 27.2. The van der Waals surface area contributed by atoms with E-state index in [4.69, 9.17) is 86.7 Å². The van der Waals surface area contributed by atoms with E-state index in [0.29, 0.717) is 19.3 Å². The lowest BCUT2D eigenvalue weighted by Crippen LogP contribution is -2.62. The van der Waals surface area contributed by atoms with Gasteiger partial charge in [-0.3, -0.25) is 14.4 Å². The van der Waals surface area contributed by atoms with E-state index in [-0.39, 0.29) is 12.8 Å². The highest BCUT2D eigenvalue weighted by Gasteiger charge is 2.62. The van der Waals surface area contributed by atoms with Gasteiger partial charge in [-0.15, -0.1) is 37.0 Å². The van der Waals surface area contributed by atoms with E-state index in [0.717, 1.165) is 103 Å². The lowest BCUT2D eigenvalue weighted by molar-refractivity contribution is -0.383. The van der Waals surface area contributed by atoms with Crippen molar-refractivity contribution in [1.82, 2.24) is 0 Å². The van der Waals surface area contributed by atoms with E-state index < -0.39 is 242 Å². The topological polar surface area (TPSA) is 618 Å². The van der Waals surface area contributed by atoms with Crippen LogP contribution in [0.1, 0.15) is 135 Å². The highest BCUT2D eigenvalue weighted by Crippen LogP contribution is 2.40. The fourth-order valence-electron chi connectivity index (χ4n) is 11.4. The lowest BCUT2D eigenvalue weighted by atomic mass is 9.99. The largest absolute Gasteiger partial charge is 0.481 e. The third-order valence-electron chi connectivity index (χ3n) is 17.8. The number of carboxylic acid groups (broad SMARTS) is 1. The van der Waals surface area contributed by atoms with Gasteiger partial charge in [-0.1, -0.05) is 57.8 Å².